The highest BCUT2D eigenvalue weighted by Gasteiger charge is 2.14. The Hall–Kier alpha value is -4.79. The quantitative estimate of drug-likeness (QED) is 0.0294. The number of ether oxygens (including phenoxy) is 1. The average molecular weight is 692 g/mol. The first-order valence-corrected chi connectivity index (χ1v) is 18.1. The third-order valence-electron chi connectivity index (χ3n) is 9.17. The normalized spacial score (nSPS) is 11.9. The molecule has 0 spiro atoms. The lowest BCUT2D eigenvalue weighted by molar-refractivity contribution is -0.124. The van der Waals surface area contributed by atoms with E-state index in [0.29, 0.717) is 30.1 Å². The monoisotopic (exact) mass is 691 g/mol. The molecule has 0 saturated carbocycles. The fraction of sp³-hybridized carbons (Fsp3) is 0.372. The predicted molar refractivity (Wildman–Crippen MR) is 205 cm³/mol. The van der Waals surface area contributed by atoms with E-state index >= 15 is 0 Å². The molecule has 4 aromatic rings. The van der Waals surface area contributed by atoms with E-state index in [0.717, 1.165) is 74.6 Å². The minimum absolute atomic E-state index is 0.0672. The van der Waals surface area contributed by atoms with Crippen LogP contribution in [-0.2, 0) is 41.7 Å². The number of carbonyl (C=O) groups excluding carboxylic acids is 2. The number of anilines is 1. The predicted octanol–water partition coefficient (Wildman–Crippen LogP) is 7.21. The van der Waals surface area contributed by atoms with E-state index in [2.05, 4.69) is 65.8 Å². The number of Topliss-reactive ketones (excluding diaryl/α,β-unsaturated/α-hetero) is 1. The van der Waals surface area contributed by atoms with Crippen LogP contribution in [0.4, 0.5) is 5.82 Å². The molecule has 8 heteroatoms. The SMILES string of the molecule is CNCC(C)CCCCCC(=O)CC(=O)C=Cc1cc(OCO)c(O)cc1Cc1cnc(N)cc1CCc1cccc(CCc2ccccc2)c1. The Labute approximate surface area is 302 Å². The number of phenolic OH excluding ortho intramolecular Hbond substituents is 1. The van der Waals surface area contributed by atoms with Crippen LogP contribution in [0.5, 0.6) is 11.5 Å². The molecule has 0 aliphatic heterocycles. The molecule has 8 nitrogen and oxygen atoms in total. The number of phenols is 1. The Balaban J connectivity index is 1.42. The van der Waals surface area contributed by atoms with E-state index in [1.807, 2.05) is 19.2 Å². The summed E-state index contributed by atoms with van der Waals surface area (Å²) in [7, 11) is 1.95. The van der Waals surface area contributed by atoms with Crippen molar-refractivity contribution in [3.63, 3.8) is 0 Å². The first kappa shape index (κ1) is 39.0. The maximum absolute atomic E-state index is 12.8. The molecule has 0 radical (unpaired) electrons. The van der Waals surface area contributed by atoms with Gasteiger partial charge >= 0.3 is 0 Å². The molecule has 0 aliphatic carbocycles. The van der Waals surface area contributed by atoms with Gasteiger partial charge in [-0.05, 0) is 128 Å². The van der Waals surface area contributed by atoms with Crippen LogP contribution in [0.1, 0.15) is 84.4 Å². The van der Waals surface area contributed by atoms with Gasteiger partial charge in [-0.2, -0.15) is 0 Å². The molecule has 1 unspecified atom stereocenters. The van der Waals surface area contributed by atoms with Crippen LogP contribution < -0.4 is 15.8 Å². The van der Waals surface area contributed by atoms with Crippen molar-refractivity contribution < 1.29 is 24.5 Å². The smallest absolute Gasteiger partial charge is 0.186 e. The summed E-state index contributed by atoms with van der Waals surface area (Å²) in [5.74, 6) is 0.645. The second-order valence-electron chi connectivity index (χ2n) is 13.4. The van der Waals surface area contributed by atoms with Crippen LogP contribution >= 0.6 is 0 Å². The lowest BCUT2D eigenvalue weighted by Gasteiger charge is -2.15. The van der Waals surface area contributed by atoms with Crippen LogP contribution in [0.3, 0.4) is 0 Å². The second-order valence-corrected chi connectivity index (χ2v) is 13.4. The fourth-order valence-corrected chi connectivity index (χ4v) is 6.38. The molecule has 3 aromatic carbocycles. The molecular weight excluding hydrogens is 638 g/mol. The third-order valence-corrected chi connectivity index (χ3v) is 9.17. The average Bonchev–Trinajstić information content (AvgIpc) is 3.12. The highest BCUT2D eigenvalue weighted by atomic mass is 16.6. The highest BCUT2D eigenvalue weighted by molar-refractivity contribution is 6.06. The number of ketones is 2. The molecule has 1 aromatic heterocycles. The Morgan fingerprint density at radius 2 is 1.61 bits per heavy atom. The summed E-state index contributed by atoms with van der Waals surface area (Å²) in [5.41, 5.74) is 13.3. The summed E-state index contributed by atoms with van der Waals surface area (Å²) in [5, 5.41) is 23.2. The minimum atomic E-state index is -0.614. The molecule has 4 rings (SSSR count). The van der Waals surface area contributed by atoms with Crippen molar-refractivity contribution in [2.45, 2.75) is 77.6 Å². The lowest BCUT2D eigenvalue weighted by Crippen LogP contribution is -2.15. The summed E-state index contributed by atoms with van der Waals surface area (Å²) in [6.07, 6.45) is 12.9. The Morgan fingerprint density at radius 3 is 2.35 bits per heavy atom. The lowest BCUT2D eigenvalue weighted by atomic mass is 9.93. The molecule has 0 fully saturated rings. The van der Waals surface area contributed by atoms with Crippen molar-refractivity contribution in [1.82, 2.24) is 10.3 Å². The molecule has 0 saturated heterocycles. The number of pyridine rings is 1. The summed E-state index contributed by atoms with van der Waals surface area (Å²) in [6.45, 7) is 2.59. The van der Waals surface area contributed by atoms with Gasteiger partial charge < -0.3 is 26.0 Å². The molecule has 51 heavy (non-hydrogen) atoms. The van der Waals surface area contributed by atoms with E-state index in [-0.39, 0.29) is 29.5 Å². The first-order chi connectivity index (χ1) is 24.7. The molecule has 1 atom stereocenters. The number of benzene rings is 3. The van der Waals surface area contributed by atoms with Gasteiger partial charge in [0.05, 0.1) is 6.42 Å². The third kappa shape index (κ3) is 13.5. The Kier molecular flexibility index (Phi) is 15.9. The van der Waals surface area contributed by atoms with Crippen LogP contribution in [-0.4, -0.2) is 47.1 Å². The van der Waals surface area contributed by atoms with E-state index < -0.39 is 6.79 Å². The maximum atomic E-state index is 12.8. The number of nitrogen functional groups attached to an aromatic ring is 1. The molecule has 0 aliphatic rings. The number of aliphatic hydroxyl groups is 1. The molecular formula is C43H53N3O5. The summed E-state index contributed by atoms with van der Waals surface area (Å²) < 4.78 is 5.23. The molecule has 270 valence electrons. The summed E-state index contributed by atoms with van der Waals surface area (Å²) in [4.78, 5) is 29.7. The summed E-state index contributed by atoms with van der Waals surface area (Å²) in [6, 6.07) is 24.2. The van der Waals surface area contributed by atoms with Gasteiger partial charge in [0, 0.05) is 12.6 Å². The standard InChI is InChI=1S/C43H53N3O5/c1-31(28-45-2)10-5-3-8-15-39(48)27-40(49)21-20-35-25-42(51-30-47)41(50)24-37(35)23-38-29-46-43(44)26-36(38)19-18-34-14-9-13-33(22-34)17-16-32-11-6-4-7-12-32/h4,6-7,9,11-14,20-22,24-26,29,31,45,47,50H,3,5,8,10,15-19,23,27-28,30H2,1-2H3,(H2,44,46). The van der Waals surface area contributed by atoms with Crippen LogP contribution in [0.25, 0.3) is 6.08 Å². The van der Waals surface area contributed by atoms with Gasteiger partial charge in [0.25, 0.3) is 0 Å². The molecule has 5 N–H and O–H groups in total. The van der Waals surface area contributed by atoms with E-state index in [1.54, 1.807) is 24.4 Å². The first-order valence-electron chi connectivity index (χ1n) is 18.1. The number of aromatic hydroxyl groups is 1. The minimum Gasteiger partial charge on any atom is -0.504 e. The number of allylic oxidation sites excluding steroid dienone is 1. The molecule has 0 bridgehead atoms. The number of hydrogen-bond donors (Lipinski definition) is 4. The zero-order valence-electron chi connectivity index (χ0n) is 30.1. The topological polar surface area (TPSA) is 135 Å². The summed E-state index contributed by atoms with van der Waals surface area (Å²) >= 11 is 0. The van der Waals surface area contributed by atoms with Gasteiger partial charge in [-0.15, -0.1) is 0 Å². The van der Waals surface area contributed by atoms with E-state index in [1.165, 1.54) is 22.8 Å². The van der Waals surface area contributed by atoms with Crippen molar-refractivity contribution in [2.75, 3.05) is 26.1 Å². The van der Waals surface area contributed by atoms with Gasteiger partial charge in [-0.25, -0.2) is 4.98 Å². The molecule has 1 heterocycles. The van der Waals surface area contributed by atoms with Crippen molar-refractivity contribution in [3.05, 3.63) is 124 Å². The number of carbonyl (C=O) groups is 2. The van der Waals surface area contributed by atoms with Gasteiger partial charge in [-0.1, -0.05) is 80.4 Å². The van der Waals surface area contributed by atoms with Crippen molar-refractivity contribution in [3.8, 4) is 11.5 Å². The number of nitrogens with two attached hydrogens (primary N) is 1. The van der Waals surface area contributed by atoms with Gasteiger partial charge in [0.15, 0.2) is 24.1 Å². The number of nitrogens with zero attached hydrogens (tertiary/aromatic N) is 1. The number of nitrogens with one attached hydrogen (secondary N) is 1. The van der Waals surface area contributed by atoms with Crippen LogP contribution in [0.2, 0.25) is 0 Å². The second kappa shape index (κ2) is 20.8. The zero-order chi connectivity index (χ0) is 36.4. The largest absolute Gasteiger partial charge is 0.504 e. The van der Waals surface area contributed by atoms with Crippen LogP contribution in [0, 0.1) is 5.92 Å². The van der Waals surface area contributed by atoms with Crippen molar-refractivity contribution in [2.24, 2.45) is 5.92 Å². The number of hydrogen-bond acceptors (Lipinski definition) is 8. The van der Waals surface area contributed by atoms with Crippen LogP contribution in [0.15, 0.2) is 85.1 Å². The Bertz CT molecular complexity index is 1740. The van der Waals surface area contributed by atoms with Crippen molar-refractivity contribution in [1.29, 1.82) is 0 Å². The fourth-order valence-electron chi connectivity index (χ4n) is 6.38. The van der Waals surface area contributed by atoms with E-state index in [4.69, 9.17) is 10.5 Å². The Morgan fingerprint density at radius 1 is 0.882 bits per heavy atom. The van der Waals surface area contributed by atoms with E-state index in [9.17, 15) is 19.8 Å². The molecule has 0 amide bonds. The number of aliphatic hydroxyl groups excluding tert-OH is 1. The number of aromatic nitrogens is 1. The number of aryl methyl sites for hydroxylation is 4. The maximum Gasteiger partial charge on any atom is 0.186 e. The highest BCUT2D eigenvalue weighted by Crippen LogP contribution is 2.32. The van der Waals surface area contributed by atoms with Gasteiger partial charge in [0.1, 0.15) is 11.6 Å². The number of unbranched alkanes of at least 4 members (excludes halogenated alkanes) is 2. The number of rotatable bonds is 22. The van der Waals surface area contributed by atoms with Gasteiger partial charge in [-0.3, -0.25) is 9.59 Å². The van der Waals surface area contributed by atoms with Crippen molar-refractivity contribution >= 4 is 23.5 Å². The van der Waals surface area contributed by atoms with Gasteiger partial charge in [0.2, 0.25) is 0 Å². The zero-order valence-corrected chi connectivity index (χ0v) is 30.1.